The van der Waals surface area contributed by atoms with E-state index in [4.69, 9.17) is 4.74 Å². The zero-order valence-electron chi connectivity index (χ0n) is 13.9. The summed E-state index contributed by atoms with van der Waals surface area (Å²) in [6, 6.07) is 6.00. The summed E-state index contributed by atoms with van der Waals surface area (Å²) in [6.45, 7) is 4.51. The molecule has 2 amide bonds. The second-order valence-corrected chi connectivity index (χ2v) is 6.72. The fourth-order valence-corrected chi connectivity index (χ4v) is 3.12. The number of ether oxygens (including phenoxy) is 1. The zero-order valence-corrected chi connectivity index (χ0v) is 13.9. The van der Waals surface area contributed by atoms with Crippen molar-refractivity contribution in [3.8, 4) is 5.75 Å². The van der Waals surface area contributed by atoms with Gasteiger partial charge in [-0.15, -0.1) is 0 Å². The van der Waals surface area contributed by atoms with E-state index < -0.39 is 5.82 Å². The van der Waals surface area contributed by atoms with Crippen LogP contribution in [0.15, 0.2) is 24.3 Å². The summed E-state index contributed by atoms with van der Waals surface area (Å²) in [5.41, 5.74) is 0. The lowest BCUT2D eigenvalue weighted by atomic mass is 9.94. The van der Waals surface area contributed by atoms with Gasteiger partial charge in [0, 0.05) is 26.2 Å². The summed E-state index contributed by atoms with van der Waals surface area (Å²) in [4.78, 5) is 27.9. The Bertz CT molecular complexity index is 608. The molecule has 2 aliphatic rings. The van der Waals surface area contributed by atoms with E-state index in [1.807, 2.05) is 4.90 Å². The molecule has 6 heteroatoms. The van der Waals surface area contributed by atoms with Crippen LogP contribution < -0.4 is 4.74 Å². The zero-order chi connectivity index (χ0) is 17.1. The molecule has 2 heterocycles. The van der Waals surface area contributed by atoms with Crippen molar-refractivity contribution in [2.24, 2.45) is 11.8 Å². The normalized spacial score (nSPS) is 19.1. The lowest BCUT2D eigenvalue weighted by molar-refractivity contribution is -0.150. The summed E-state index contributed by atoms with van der Waals surface area (Å²) >= 11 is 0. The number of halogens is 1. The van der Waals surface area contributed by atoms with Crippen molar-refractivity contribution in [2.75, 3.05) is 32.8 Å². The highest BCUT2D eigenvalue weighted by Crippen LogP contribution is 2.23. The number of benzene rings is 1. The number of piperidine rings is 1. The molecule has 5 nitrogen and oxygen atoms in total. The number of hydrogen-bond acceptors (Lipinski definition) is 3. The van der Waals surface area contributed by atoms with Crippen molar-refractivity contribution in [1.29, 1.82) is 0 Å². The highest BCUT2D eigenvalue weighted by atomic mass is 19.1. The Morgan fingerprint density at radius 2 is 1.83 bits per heavy atom. The van der Waals surface area contributed by atoms with Crippen molar-refractivity contribution in [2.45, 2.75) is 19.8 Å². The van der Waals surface area contributed by atoms with Gasteiger partial charge in [-0.3, -0.25) is 9.59 Å². The van der Waals surface area contributed by atoms with Gasteiger partial charge in [0.25, 0.3) is 5.91 Å². The Labute approximate surface area is 141 Å². The van der Waals surface area contributed by atoms with E-state index in [0.717, 1.165) is 25.9 Å². The third-order valence-electron chi connectivity index (χ3n) is 4.87. The highest BCUT2D eigenvalue weighted by Gasteiger charge is 2.38. The van der Waals surface area contributed by atoms with E-state index in [0.29, 0.717) is 19.0 Å². The fraction of sp³-hybridized carbons (Fsp3) is 0.556. The minimum Gasteiger partial charge on any atom is -0.481 e. The summed E-state index contributed by atoms with van der Waals surface area (Å²) < 4.78 is 18.7. The van der Waals surface area contributed by atoms with Crippen molar-refractivity contribution < 1.29 is 18.7 Å². The topological polar surface area (TPSA) is 49.9 Å². The third kappa shape index (κ3) is 3.68. The van der Waals surface area contributed by atoms with Gasteiger partial charge in [-0.05, 0) is 30.9 Å². The van der Waals surface area contributed by atoms with Crippen LogP contribution in [0.25, 0.3) is 0 Å². The number of rotatable bonds is 4. The molecular formula is C18H23FN2O3. The van der Waals surface area contributed by atoms with Crippen molar-refractivity contribution in [3.05, 3.63) is 30.1 Å². The molecule has 0 spiro atoms. The van der Waals surface area contributed by atoms with Crippen LogP contribution in [-0.2, 0) is 9.59 Å². The third-order valence-corrected chi connectivity index (χ3v) is 4.87. The SMILES string of the molecule is CC1CCN(C(=O)C2CN(C(=O)COc3ccccc3F)C2)CC1. The standard InChI is InChI=1S/C18H23FN2O3/c1-13-6-8-20(9-7-13)18(23)14-10-21(11-14)17(22)12-24-16-5-3-2-4-15(16)19/h2-5,13-14H,6-12H2,1H3. The first kappa shape index (κ1) is 16.7. The first-order chi connectivity index (χ1) is 11.5. The highest BCUT2D eigenvalue weighted by molar-refractivity contribution is 5.85. The van der Waals surface area contributed by atoms with Crippen LogP contribution in [0.1, 0.15) is 19.8 Å². The average molecular weight is 334 g/mol. The average Bonchev–Trinajstić information content (AvgIpc) is 2.53. The van der Waals surface area contributed by atoms with E-state index >= 15 is 0 Å². The van der Waals surface area contributed by atoms with E-state index in [9.17, 15) is 14.0 Å². The van der Waals surface area contributed by atoms with Gasteiger partial charge in [0.15, 0.2) is 18.2 Å². The van der Waals surface area contributed by atoms with Gasteiger partial charge in [-0.25, -0.2) is 4.39 Å². The number of carbonyl (C=O) groups is 2. The number of likely N-dealkylation sites (tertiary alicyclic amines) is 2. The number of hydrogen-bond donors (Lipinski definition) is 0. The first-order valence-electron chi connectivity index (χ1n) is 8.48. The van der Waals surface area contributed by atoms with Gasteiger partial charge in [-0.1, -0.05) is 19.1 Å². The van der Waals surface area contributed by atoms with Gasteiger partial charge in [0.2, 0.25) is 5.91 Å². The number of amides is 2. The van der Waals surface area contributed by atoms with Crippen LogP contribution in [0, 0.1) is 17.7 Å². The largest absolute Gasteiger partial charge is 0.481 e. The lowest BCUT2D eigenvalue weighted by Crippen LogP contribution is -2.58. The molecule has 0 aromatic heterocycles. The second-order valence-electron chi connectivity index (χ2n) is 6.72. The summed E-state index contributed by atoms with van der Waals surface area (Å²) in [7, 11) is 0. The second kappa shape index (κ2) is 7.20. The monoisotopic (exact) mass is 334 g/mol. The Morgan fingerprint density at radius 1 is 1.17 bits per heavy atom. The molecule has 0 N–H and O–H groups in total. The van der Waals surface area contributed by atoms with E-state index in [1.165, 1.54) is 12.1 Å². The molecule has 0 radical (unpaired) electrons. The minimum atomic E-state index is -0.485. The number of carbonyl (C=O) groups excluding carboxylic acids is 2. The number of nitrogens with zero attached hydrogens (tertiary/aromatic N) is 2. The summed E-state index contributed by atoms with van der Waals surface area (Å²) in [6.07, 6.45) is 2.11. The van der Waals surface area contributed by atoms with Crippen LogP contribution >= 0.6 is 0 Å². The molecule has 2 saturated heterocycles. The predicted molar refractivity (Wildman–Crippen MR) is 86.9 cm³/mol. The van der Waals surface area contributed by atoms with Gasteiger partial charge in [0.05, 0.1) is 5.92 Å². The molecule has 130 valence electrons. The Morgan fingerprint density at radius 3 is 2.50 bits per heavy atom. The van der Waals surface area contributed by atoms with Gasteiger partial charge >= 0.3 is 0 Å². The molecule has 0 saturated carbocycles. The maximum absolute atomic E-state index is 13.4. The van der Waals surface area contributed by atoms with Crippen LogP contribution in [0.5, 0.6) is 5.75 Å². The molecule has 2 aliphatic heterocycles. The number of para-hydroxylation sites is 1. The van der Waals surface area contributed by atoms with Gasteiger partial charge < -0.3 is 14.5 Å². The smallest absolute Gasteiger partial charge is 0.260 e. The maximum atomic E-state index is 13.4. The molecule has 3 rings (SSSR count). The van der Waals surface area contributed by atoms with Crippen LogP contribution in [0.3, 0.4) is 0 Å². The van der Waals surface area contributed by atoms with Crippen LogP contribution in [0.2, 0.25) is 0 Å². The summed E-state index contributed by atoms with van der Waals surface area (Å²) in [5.74, 6) is 0.109. The van der Waals surface area contributed by atoms with Crippen molar-refractivity contribution in [3.63, 3.8) is 0 Å². The van der Waals surface area contributed by atoms with Crippen molar-refractivity contribution >= 4 is 11.8 Å². The molecule has 0 bridgehead atoms. The quantitative estimate of drug-likeness (QED) is 0.845. The molecule has 24 heavy (non-hydrogen) atoms. The van der Waals surface area contributed by atoms with E-state index in [2.05, 4.69) is 6.92 Å². The van der Waals surface area contributed by atoms with Crippen LogP contribution in [-0.4, -0.2) is 54.4 Å². The first-order valence-corrected chi connectivity index (χ1v) is 8.48. The van der Waals surface area contributed by atoms with Crippen molar-refractivity contribution in [1.82, 2.24) is 9.80 Å². The van der Waals surface area contributed by atoms with E-state index in [1.54, 1.807) is 17.0 Å². The predicted octanol–water partition coefficient (Wildman–Crippen LogP) is 1.92. The molecule has 2 fully saturated rings. The molecule has 0 aliphatic carbocycles. The fourth-order valence-electron chi connectivity index (χ4n) is 3.12. The Balaban J connectivity index is 1.42. The van der Waals surface area contributed by atoms with Crippen LogP contribution in [0.4, 0.5) is 4.39 Å². The Hall–Kier alpha value is -2.11. The lowest BCUT2D eigenvalue weighted by Gasteiger charge is -2.41. The molecule has 0 atom stereocenters. The van der Waals surface area contributed by atoms with Gasteiger partial charge in [0.1, 0.15) is 0 Å². The molecule has 1 aromatic rings. The van der Waals surface area contributed by atoms with Gasteiger partial charge in [-0.2, -0.15) is 0 Å². The molecular weight excluding hydrogens is 311 g/mol. The summed E-state index contributed by atoms with van der Waals surface area (Å²) in [5, 5.41) is 0. The molecule has 1 aromatic carbocycles. The molecule has 0 unspecified atom stereocenters. The van der Waals surface area contributed by atoms with E-state index in [-0.39, 0.29) is 30.1 Å². The Kier molecular flexibility index (Phi) is 5.02. The maximum Gasteiger partial charge on any atom is 0.260 e. The minimum absolute atomic E-state index is 0.0708.